The van der Waals surface area contributed by atoms with Crippen LogP contribution >= 0.6 is 11.6 Å². The molecule has 1 aromatic rings. The molecule has 0 aliphatic carbocycles. The molecule has 0 bridgehead atoms. The van der Waals surface area contributed by atoms with Gasteiger partial charge in [-0.15, -0.1) is 0 Å². The summed E-state index contributed by atoms with van der Waals surface area (Å²) >= 11 is 5.80. The summed E-state index contributed by atoms with van der Waals surface area (Å²) in [5.74, 6) is 0.566. The van der Waals surface area contributed by atoms with Crippen molar-refractivity contribution in [3.63, 3.8) is 0 Å². The number of halogens is 1. The minimum Gasteiger partial charge on any atom is -0.393 e. The van der Waals surface area contributed by atoms with Crippen molar-refractivity contribution >= 4 is 23.1 Å². The third-order valence-electron chi connectivity index (χ3n) is 2.77. The molecule has 2 heterocycles. The Kier molecular flexibility index (Phi) is 3.16. The smallest absolute Gasteiger partial charge is 0.157 e. The predicted molar refractivity (Wildman–Crippen MR) is 63.5 cm³/mol. The van der Waals surface area contributed by atoms with Crippen molar-refractivity contribution in [2.75, 3.05) is 24.2 Å². The molecule has 88 valence electrons. The maximum absolute atomic E-state index is 5.80. The Hall–Kier alpha value is -1.07. The molecule has 1 aliphatic heterocycles. The lowest BCUT2D eigenvalue weighted by molar-refractivity contribution is 0.0315. The third kappa shape index (κ3) is 2.36. The predicted octanol–water partition coefficient (Wildman–Crippen LogP) is 1.69. The topological polar surface area (TPSA) is 73.1 Å². The van der Waals surface area contributed by atoms with Crippen molar-refractivity contribution in [3.05, 3.63) is 11.5 Å². The van der Waals surface area contributed by atoms with Crippen LogP contribution in [0, 0.1) is 0 Å². The van der Waals surface area contributed by atoms with Crippen LogP contribution in [0.5, 0.6) is 0 Å². The van der Waals surface area contributed by atoms with E-state index >= 15 is 0 Å². The SMILES string of the molecule is CC1(CNc2ncnc(Cl)c2N)CCCO1. The van der Waals surface area contributed by atoms with Gasteiger partial charge in [-0.3, -0.25) is 0 Å². The minimum atomic E-state index is -0.135. The average Bonchev–Trinajstić information content (AvgIpc) is 2.68. The van der Waals surface area contributed by atoms with Crippen LogP contribution in [0.1, 0.15) is 19.8 Å². The fraction of sp³-hybridized carbons (Fsp3) is 0.600. The quantitative estimate of drug-likeness (QED) is 0.790. The van der Waals surface area contributed by atoms with Crippen LogP contribution in [-0.2, 0) is 4.74 Å². The summed E-state index contributed by atoms with van der Waals surface area (Å²) in [5, 5.41) is 3.42. The van der Waals surface area contributed by atoms with Crippen molar-refractivity contribution in [2.24, 2.45) is 0 Å². The van der Waals surface area contributed by atoms with Gasteiger partial charge in [0.1, 0.15) is 12.0 Å². The first-order chi connectivity index (χ1) is 7.61. The molecule has 1 aliphatic rings. The van der Waals surface area contributed by atoms with Crippen molar-refractivity contribution in [1.29, 1.82) is 0 Å². The molecule has 3 N–H and O–H groups in total. The van der Waals surface area contributed by atoms with Gasteiger partial charge >= 0.3 is 0 Å². The van der Waals surface area contributed by atoms with E-state index in [1.165, 1.54) is 6.33 Å². The maximum atomic E-state index is 5.80. The van der Waals surface area contributed by atoms with Crippen molar-refractivity contribution < 1.29 is 4.74 Å². The summed E-state index contributed by atoms with van der Waals surface area (Å²) in [6.45, 7) is 3.56. The Morgan fingerprint density at radius 1 is 1.62 bits per heavy atom. The van der Waals surface area contributed by atoms with Crippen LogP contribution in [0.25, 0.3) is 0 Å². The van der Waals surface area contributed by atoms with Gasteiger partial charge < -0.3 is 15.8 Å². The van der Waals surface area contributed by atoms with E-state index in [0.717, 1.165) is 19.4 Å². The second-order valence-corrected chi connectivity index (χ2v) is 4.54. The van der Waals surface area contributed by atoms with Gasteiger partial charge in [0.2, 0.25) is 0 Å². The van der Waals surface area contributed by atoms with Crippen molar-refractivity contribution in [3.8, 4) is 0 Å². The molecule has 0 spiro atoms. The Bertz CT molecular complexity index is 379. The first-order valence-corrected chi connectivity index (χ1v) is 5.62. The van der Waals surface area contributed by atoms with Crippen LogP contribution in [0.15, 0.2) is 6.33 Å². The standard InChI is InChI=1S/C10H15ClN4O/c1-10(3-2-4-16-10)5-13-9-7(12)8(11)14-6-15-9/h6H,2-5,12H2,1H3,(H,13,14,15). The zero-order valence-electron chi connectivity index (χ0n) is 9.16. The Morgan fingerprint density at radius 3 is 3.12 bits per heavy atom. The molecule has 5 nitrogen and oxygen atoms in total. The van der Waals surface area contributed by atoms with Crippen LogP contribution < -0.4 is 11.1 Å². The number of nitrogens with one attached hydrogen (secondary N) is 1. The highest BCUT2D eigenvalue weighted by Crippen LogP contribution is 2.27. The molecule has 2 rings (SSSR count). The lowest BCUT2D eigenvalue weighted by Gasteiger charge is -2.23. The van der Waals surface area contributed by atoms with E-state index in [2.05, 4.69) is 22.2 Å². The summed E-state index contributed by atoms with van der Waals surface area (Å²) in [6, 6.07) is 0. The minimum absolute atomic E-state index is 0.135. The Morgan fingerprint density at radius 2 is 2.44 bits per heavy atom. The molecule has 0 aromatic carbocycles. The van der Waals surface area contributed by atoms with Crippen molar-refractivity contribution in [2.45, 2.75) is 25.4 Å². The fourth-order valence-electron chi connectivity index (χ4n) is 1.76. The average molecular weight is 243 g/mol. The number of rotatable bonds is 3. The van der Waals surface area contributed by atoms with Gasteiger partial charge in [0.15, 0.2) is 11.0 Å². The Balaban J connectivity index is 2.02. The van der Waals surface area contributed by atoms with Gasteiger partial charge in [0.25, 0.3) is 0 Å². The number of anilines is 2. The van der Waals surface area contributed by atoms with Gasteiger partial charge in [-0.05, 0) is 19.8 Å². The van der Waals surface area contributed by atoms with Gasteiger partial charge in [0, 0.05) is 13.2 Å². The molecule has 1 aromatic heterocycles. The fourth-order valence-corrected chi connectivity index (χ4v) is 1.90. The largest absolute Gasteiger partial charge is 0.393 e. The summed E-state index contributed by atoms with van der Waals surface area (Å²) in [4.78, 5) is 7.84. The zero-order valence-corrected chi connectivity index (χ0v) is 9.92. The van der Waals surface area contributed by atoms with E-state index in [9.17, 15) is 0 Å². The normalized spacial score (nSPS) is 24.6. The summed E-state index contributed by atoms with van der Waals surface area (Å²) < 4.78 is 5.65. The number of nitrogens with two attached hydrogens (primary N) is 1. The first kappa shape index (κ1) is 11.4. The van der Waals surface area contributed by atoms with E-state index in [4.69, 9.17) is 22.1 Å². The lowest BCUT2D eigenvalue weighted by atomic mass is 10.0. The molecule has 1 saturated heterocycles. The molecule has 16 heavy (non-hydrogen) atoms. The molecule has 0 saturated carbocycles. The van der Waals surface area contributed by atoms with Gasteiger partial charge in [-0.25, -0.2) is 9.97 Å². The van der Waals surface area contributed by atoms with Crippen LogP contribution in [0.2, 0.25) is 5.15 Å². The van der Waals surface area contributed by atoms with Crippen LogP contribution in [0.3, 0.4) is 0 Å². The Labute approximate surface area is 99.4 Å². The van der Waals surface area contributed by atoms with E-state index < -0.39 is 0 Å². The second kappa shape index (κ2) is 4.43. The maximum Gasteiger partial charge on any atom is 0.157 e. The molecular weight excluding hydrogens is 228 g/mol. The van der Waals surface area contributed by atoms with Gasteiger partial charge in [-0.1, -0.05) is 11.6 Å². The molecule has 1 fully saturated rings. The van der Waals surface area contributed by atoms with E-state index in [1.807, 2.05) is 0 Å². The molecule has 1 atom stereocenters. The number of aromatic nitrogens is 2. The summed E-state index contributed by atoms with van der Waals surface area (Å²) in [5.41, 5.74) is 6.00. The van der Waals surface area contributed by atoms with Crippen LogP contribution in [0.4, 0.5) is 11.5 Å². The molecule has 6 heteroatoms. The number of ether oxygens (including phenoxy) is 1. The molecule has 1 unspecified atom stereocenters. The highest BCUT2D eigenvalue weighted by atomic mass is 35.5. The summed E-state index contributed by atoms with van der Waals surface area (Å²) in [6.07, 6.45) is 3.52. The molecule has 0 amide bonds. The number of nitrogen functional groups attached to an aromatic ring is 1. The number of hydrogen-bond donors (Lipinski definition) is 2. The summed E-state index contributed by atoms with van der Waals surface area (Å²) in [7, 11) is 0. The van der Waals surface area contributed by atoms with E-state index in [0.29, 0.717) is 18.1 Å². The van der Waals surface area contributed by atoms with E-state index in [-0.39, 0.29) is 10.8 Å². The highest BCUT2D eigenvalue weighted by Gasteiger charge is 2.29. The van der Waals surface area contributed by atoms with Gasteiger partial charge in [0.05, 0.1) is 5.60 Å². The first-order valence-electron chi connectivity index (χ1n) is 5.24. The second-order valence-electron chi connectivity index (χ2n) is 4.18. The van der Waals surface area contributed by atoms with E-state index in [1.54, 1.807) is 0 Å². The molecular formula is C10H15ClN4O. The number of nitrogens with zero attached hydrogens (tertiary/aromatic N) is 2. The zero-order chi connectivity index (χ0) is 11.6. The van der Waals surface area contributed by atoms with Gasteiger partial charge in [-0.2, -0.15) is 0 Å². The third-order valence-corrected chi connectivity index (χ3v) is 3.07. The molecule has 0 radical (unpaired) electrons. The number of hydrogen-bond acceptors (Lipinski definition) is 5. The van der Waals surface area contributed by atoms with Crippen molar-refractivity contribution in [1.82, 2.24) is 9.97 Å². The lowest BCUT2D eigenvalue weighted by Crippen LogP contribution is -2.33. The highest BCUT2D eigenvalue weighted by molar-refractivity contribution is 6.32. The monoisotopic (exact) mass is 242 g/mol. The van der Waals surface area contributed by atoms with Crippen LogP contribution in [-0.4, -0.2) is 28.7 Å².